The molecule has 0 aliphatic carbocycles. The van der Waals surface area contributed by atoms with E-state index in [2.05, 4.69) is 14.8 Å². The van der Waals surface area contributed by atoms with E-state index in [-0.39, 0.29) is 17.3 Å². The number of hydrogen-bond donors (Lipinski definition) is 0. The van der Waals surface area contributed by atoms with Gasteiger partial charge in [-0.1, -0.05) is 6.07 Å². The zero-order valence-corrected chi connectivity index (χ0v) is 11.6. The van der Waals surface area contributed by atoms with Crippen LogP contribution in [0, 0.1) is 0 Å². The van der Waals surface area contributed by atoms with Gasteiger partial charge in [0.15, 0.2) is 27.0 Å². The van der Waals surface area contributed by atoms with Gasteiger partial charge < -0.3 is 4.74 Å². The molecule has 7 nitrogen and oxygen atoms in total. The number of fused-ring (bicyclic) bond motifs is 1. The maximum atomic E-state index is 11.9. The zero-order valence-electron chi connectivity index (χ0n) is 10.8. The predicted octanol–water partition coefficient (Wildman–Crippen LogP) is 0.766. The summed E-state index contributed by atoms with van der Waals surface area (Å²) in [7, 11) is -1.90. The van der Waals surface area contributed by atoms with Gasteiger partial charge in [0.05, 0.1) is 12.9 Å². The number of methoxy groups -OCH3 is 1. The second kappa shape index (κ2) is 4.55. The Kier molecular flexibility index (Phi) is 2.97. The van der Waals surface area contributed by atoms with Crippen molar-refractivity contribution in [2.24, 2.45) is 0 Å². The van der Waals surface area contributed by atoms with Crippen molar-refractivity contribution >= 4 is 21.5 Å². The van der Waals surface area contributed by atoms with Crippen LogP contribution in [0.15, 0.2) is 18.2 Å². The lowest BCUT2D eigenvalue weighted by Gasteiger charge is -2.03. The molecule has 1 aliphatic rings. The van der Waals surface area contributed by atoms with Crippen molar-refractivity contribution in [2.45, 2.75) is 18.1 Å². The highest BCUT2D eigenvalue weighted by Crippen LogP contribution is 2.32. The largest absolute Gasteiger partial charge is 0.464 e. The van der Waals surface area contributed by atoms with Gasteiger partial charge in [-0.05, 0) is 25.0 Å². The van der Waals surface area contributed by atoms with Crippen LogP contribution in [0.25, 0.3) is 5.65 Å². The first kappa shape index (κ1) is 13.0. The number of sulfone groups is 1. The summed E-state index contributed by atoms with van der Waals surface area (Å²) in [6.45, 7) is 0. The highest BCUT2D eigenvalue weighted by Gasteiger charge is 2.36. The van der Waals surface area contributed by atoms with Crippen LogP contribution in [-0.2, 0) is 14.6 Å². The Morgan fingerprint density at radius 2 is 2.25 bits per heavy atom. The first-order valence-electron chi connectivity index (χ1n) is 6.18. The van der Waals surface area contributed by atoms with Crippen LogP contribution in [0.3, 0.4) is 0 Å². The summed E-state index contributed by atoms with van der Waals surface area (Å²) in [5.41, 5.74) is 0.657. The Morgan fingerprint density at radius 3 is 2.90 bits per heavy atom. The van der Waals surface area contributed by atoms with Gasteiger partial charge in [0.1, 0.15) is 5.25 Å². The monoisotopic (exact) mass is 295 g/mol. The van der Waals surface area contributed by atoms with Crippen molar-refractivity contribution in [1.29, 1.82) is 0 Å². The summed E-state index contributed by atoms with van der Waals surface area (Å²) in [6.07, 6.45) is 1.14. The topological polar surface area (TPSA) is 90.6 Å². The zero-order chi connectivity index (χ0) is 14.3. The Labute approximate surface area is 115 Å². The number of esters is 1. The molecule has 0 aromatic carbocycles. The third-order valence-corrected chi connectivity index (χ3v) is 5.56. The molecule has 20 heavy (non-hydrogen) atoms. The maximum absolute atomic E-state index is 11.9. The lowest BCUT2D eigenvalue weighted by Crippen LogP contribution is -2.11. The molecule has 0 N–H and O–H groups in total. The van der Waals surface area contributed by atoms with E-state index in [1.165, 1.54) is 11.6 Å². The molecule has 0 saturated carbocycles. The number of carbonyl (C=O) groups excluding carboxylic acids is 1. The third kappa shape index (κ3) is 1.96. The van der Waals surface area contributed by atoms with Crippen LogP contribution in [0.1, 0.15) is 34.4 Å². The highest BCUT2D eigenvalue weighted by atomic mass is 32.2. The quantitative estimate of drug-likeness (QED) is 0.760. The van der Waals surface area contributed by atoms with Crippen molar-refractivity contribution in [1.82, 2.24) is 14.6 Å². The molecule has 0 spiro atoms. The number of aromatic nitrogens is 3. The minimum atomic E-state index is -3.18. The van der Waals surface area contributed by atoms with Crippen LogP contribution in [0.4, 0.5) is 0 Å². The first-order chi connectivity index (χ1) is 9.53. The fraction of sp³-hybridized carbons (Fsp3) is 0.417. The molecule has 106 valence electrons. The van der Waals surface area contributed by atoms with E-state index in [0.29, 0.717) is 18.5 Å². The molecule has 0 radical (unpaired) electrons. The van der Waals surface area contributed by atoms with E-state index in [4.69, 9.17) is 0 Å². The van der Waals surface area contributed by atoms with Crippen molar-refractivity contribution in [2.75, 3.05) is 12.9 Å². The van der Waals surface area contributed by atoms with Gasteiger partial charge in [0.2, 0.25) is 0 Å². The number of rotatable bonds is 2. The van der Waals surface area contributed by atoms with Gasteiger partial charge >= 0.3 is 5.97 Å². The van der Waals surface area contributed by atoms with Crippen LogP contribution in [-0.4, -0.2) is 41.8 Å². The van der Waals surface area contributed by atoms with Crippen LogP contribution in [0.5, 0.6) is 0 Å². The fourth-order valence-electron chi connectivity index (χ4n) is 2.40. The standard InChI is InChI=1S/C12H13N3O4S/c1-19-12(16)8-4-2-6-10-13-11(14-15(8)10)9-5-3-7-20(9,17)18/h2,4,6,9H,3,5,7H2,1H3. The maximum Gasteiger partial charge on any atom is 0.356 e. The van der Waals surface area contributed by atoms with Crippen molar-refractivity contribution in [3.8, 4) is 0 Å². The van der Waals surface area contributed by atoms with Gasteiger partial charge in [0, 0.05) is 0 Å². The molecule has 0 amide bonds. The highest BCUT2D eigenvalue weighted by molar-refractivity contribution is 7.91. The number of pyridine rings is 1. The fourth-order valence-corrected chi connectivity index (χ4v) is 4.20. The summed E-state index contributed by atoms with van der Waals surface area (Å²) in [5.74, 6) is -0.128. The second-order valence-electron chi connectivity index (χ2n) is 4.64. The average molecular weight is 295 g/mol. The Morgan fingerprint density at radius 1 is 1.45 bits per heavy atom. The van der Waals surface area contributed by atoms with Crippen LogP contribution < -0.4 is 0 Å². The third-order valence-electron chi connectivity index (χ3n) is 3.39. The molecule has 3 heterocycles. The number of hydrogen-bond acceptors (Lipinski definition) is 6. The van der Waals surface area contributed by atoms with Crippen molar-refractivity contribution in [3.63, 3.8) is 0 Å². The smallest absolute Gasteiger partial charge is 0.356 e. The van der Waals surface area contributed by atoms with E-state index in [1.807, 2.05) is 0 Å². The molecule has 1 atom stereocenters. The molecular formula is C12H13N3O4S. The minimum absolute atomic E-state index is 0.164. The Bertz CT molecular complexity index is 781. The molecular weight excluding hydrogens is 282 g/mol. The number of ether oxygens (including phenoxy) is 1. The lowest BCUT2D eigenvalue weighted by molar-refractivity contribution is 0.0591. The molecule has 1 saturated heterocycles. The minimum Gasteiger partial charge on any atom is -0.464 e. The van der Waals surface area contributed by atoms with Crippen molar-refractivity contribution < 1.29 is 17.9 Å². The normalized spacial score (nSPS) is 21.1. The van der Waals surface area contributed by atoms with Gasteiger partial charge in [-0.25, -0.2) is 22.7 Å². The summed E-state index contributed by atoms with van der Waals surface area (Å²) in [5, 5.41) is 3.51. The first-order valence-corrected chi connectivity index (χ1v) is 7.90. The number of nitrogens with zero attached hydrogens (tertiary/aromatic N) is 3. The van der Waals surface area contributed by atoms with Gasteiger partial charge in [-0.2, -0.15) is 0 Å². The average Bonchev–Trinajstić information content (AvgIpc) is 2.99. The van der Waals surface area contributed by atoms with E-state index >= 15 is 0 Å². The SMILES string of the molecule is COC(=O)c1cccc2nc(C3CCCS3(=O)=O)nn12. The number of carbonyl (C=O) groups is 1. The molecule has 0 bridgehead atoms. The Hall–Kier alpha value is -1.96. The van der Waals surface area contributed by atoms with E-state index in [9.17, 15) is 13.2 Å². The van der Waals surface area contributed by atoms with E-state index in [1.54, 1.807) is 18.2 Å². The molecule has 1 unspecified atom stereocenters. The van der Waals surface area contributed by atoms with Crippen LogP contribution >= 0.6 is 0 Å². The van der Waals surface area contributed by atoms with E-state index < -0.39 is 21.1 Å². The van der Waals surface area contributed by atoms with E-state index in [0.717, 1.165) is 0 Å². The Balaban J connectivity index is 2.14. The van der Waals surface area contributed by atoms with Crippen LogP contribution in [0.2, 0.25) is 0 Å². The van der Waals surface area contributed by atoms with Gasteiger partial charge in [0.25, 0.3) is 0 Å². The molecule has 8 heteroatoms. The summed E-state index contributed by atoms with van der Waals surface area (Å²) >= 11 is 0. The summed E-state index contributed by atoms with van der Waals surface area (Å²) in [6, 6.07) is 4.88. The van der Waals surface area contributed by atoms with Gasteiger partial charge in [-0.15, -0.1) is 5.10 Å². The van der Waals surface area contributed by atoms with Gasteiger partial charge in [-0.3, -0.25) is 0 Å². The summed E-state index contributed by atoms with van der Waals surface area (Å²) < 4.78 is 29.9. The lowest BCUT2D eigenvalue weighted by atomic mass is 10.2. The summed E-state index contributed by atoms with van der Waals surface area (Å²) in [4.78, 5) is 15.9. The second-order valence-corrected chi connectivity index (χ2v) is 6.94. The molecule has 2 aromatic rings. The molecule has 1 aliphatic heterocycles. The molecule has 1 fully saturated rings. The van der Waals surface area contributed by atoms with Crippen molar-refractivity contribution in [3.05, 3.63) is 29.7 Å². The predicted molar refractivity (Wildman–Crippen MR) is 70.1 cm³/mol. The molecule has 2 aromatic heterocycles. The molecule has 3 rings (SSSR count).